The highest BCUT2D eigenvalue weighted by molar-refractivity contribution is 6.33. The molecular formula is C14H12ClFN2O. The molecule has 0 aliphatic rings. The minimum atomic E-state index is -0.485. The van der Waals surface area contributed by atoms with Crippen LogP contribution in [0.1, 0.15) is 15.9 Å². The van der Waals surface area contributed by atoms with Crippen molar-refractivity contribution in [2.24, 2.45) is 0 Å². The molecule has 0 aliphatic carbocycles. The molecule has 0 fully saturated rings. The van der Waals surface area contributed by atoms with Crippen LogP contribution in [0.4, 0.5) is 15.8 Å². The SMILES string of the molecule is Cc1ccc(F)c(NC(=O)c2ccc(Cl)c(N)c2)c1. The molecule has 19 heavy (non-hydrogen) atoms. The van der Waals surface area contributed by atoms with E-state index < -0.39 is 11.7 Å². The van der Waals surface area contributed by atoms with E-state index in [1.165, 1.54) is 24.3 Å². The highest BCUT2D eigenvalue weighted by Gasteiger charge is 2.10. The molecule has 0 saturated heterocycles. The van der Waals surface area contributed by atoms with E-state index in [0.29, 0.717) is 16.3 Å². The van der Waals surface area contributed by atoms with E-state index in [1.807, 2.05) is 6.92 Å². The Morgan fingerprint density at radius 2 is 2.00 bits per heavy atom. The van der Waals surface area contributed by atoms with Crippen molar-refractivity contribution >= 4 is 28.9 Å². The Balaban J connectivity index is 2.25. The summed E-state index contributed by atoms with van der Waals surface area (Å²) in [7, 11) is 0. The lowest BCUT2D eigenvalue weighted by molar-refractivity contribution is 0.102. The zero-order chi connectivity index (χ0) is 14.0. The second-order valence-corrected chi connectivity index (χ2v) is 4.58. The monoisotopic (exact) mass is 278 g/mol. The van der Waals surface area contributed by atoms with Gasteiger partial charge in [-0.15, -0.1) is 0 Å². The third-order valence-electron chi connectivity index (χ3n) is 2.63. The van der Waals surface area contributed by atoms with Gasteiger partial charge in [-0.05, 0) is 42.8 Å². The zero-order valence-electron chi connectivity index (χ0n) is 10.2. The highest BCUT2D eigenvalue weighted by atomic mass is 35.5. The van der Waals surface area contributed by atoms with Gasteiger partial charge in [-0.25, -0.2) is 4.39 Å². The Morgan fingerprint density at radius 3 is 2.68 bits per heavy atom. The number of carbonyl (C=O) groups is 1. The number of anilines is 2. The normalized spacial score (nSPS) is 10.3. The second kappa shape index (κ2) is 5.28. The number of hydrogen-bond acceptors (Lipinski definition) is 2. The van der Waals surface area contributed by atoms with Crippen molar-refractivity contribution in [3.05, 3.63) is 58.4 Å². The molecule has 0 heterocycles. The molecular weight excluding hydrogens is 267 g/mol. The van der Waals surface area contributed by atoms with Gasteiger partial charge in [0, 0.05) is 5.56 Å². The van der Waals surface area contributed by atoms with Crippen molar-refractivity contribution in [2.75, 3.05) is 11.1 Å². The number of nitrogen functional groups attached to an aromatic ring is 1. The van der Waals surface area contributed by atoms with Crippen LogP contribution in [0.3, 0.4) is 0 Å². The molecule has 1 amide bonds. The summed E-state index contributed by atoms with van der Waals surface area (Å²) in [6.07, 6.45) is 0. The van der Waals surface area contributed by atoms with Gasteiger partial charge in [-0.3, -0.25) is 4.79 Å². The second-order valence-electron chi connectivity index (χ2n) is 4.17. The molecule has 0 bridgehead atoms. The quantitative estimate of drug-likeness (QED) is 0.824. The van der Waals surface area contributed by atoms with Gasteiger partial charge in [-0.2, -0.15) is 0 Å². The van der Waals surface area contributed by atoms with Crippen LogP contribution < -0.4 is 11.1 Å². The smallest absolute Gasteiger partial charge is 0.255 e. The van der Waals surface area contributed by atoms with E-state index in [-0.39, 0.29) is 5.69 Å². The topological polar surface area (TPSA) is 55.1 Å². The van der Waals surface area contributed by atoms with Crippen LogP contribution in [0.5, 0.6) is 0 Å². The van der Waals surface area contributed by atoms with E-state index in [1.54, 1.807) is 12.1 Å². The first-order valence-electron chi connectivity index (χ1n) is 5.60. The maximum atomic E-state index is 13.5. The van der Waals surface area contributed by atoms with Crippen LogP contribution in [0.15, 0.2) is 36.4 Å². The fourth-order valence-electron chi connectivity index (χ4n) is 1.61. The summed E-state index contributed by atoms with van der Waals surface area (Å²) in [6, 6.07) is 9.00. The number of benzene rings is 2. The maximum absolute atomic E-state index is 13.5. The Morgan fingerprint density at radius 1 is 1.26 bits per heavy atom. The summed E-state index contributed by atoms with van der Waals surface area (Å²) >= 11 is 5.77. The number of nitrogens with two attached hydrogens (primary N) is 1. The standard InChI is InChI=1S/C14H12ClFN2O/c1-8-2-5-11(16)13(6-8)18-14(19)9-3-4-10(15)12(17)7-9/h2-7H,17H2,1H3,(H,18,19). The van der Waals surface area contributed by atoms with Gasteiger partial charge in [0.05, 0.1) is 16.4 Å². The Labute approximate surface area is 115 Å². The number of halogens is 2. The van der Waals surface area contributed by atoms with E-state index in [9.17, 15) is 9.18 Å². The van der Waals surface area contributed by atoms with E-state index in [0.717, 1.165) is 5.56 Å². The molecule has 0 atom stereocenters. The van der Waals surface area contributed by atoms with Crippen molar-refractivity contribution in [2.45, 2.75) is 6.92 Å². The third-order valence-corrected chi connectivity index (χ3v) is 2.97. The minimum absolute atomic E-state index is 0.138. The lowest BCUT2D eigenvalue weighted by Gasteiger charge is -2.08. The minimum Gasteiger partial charge on any atom is -0.398 e. The molecule has 3 nitrogen and oxygen atoms in total. The number of nitrogens with one attached hydrogen (secondary N) is 1. The number of aryl methyl sites for hydroxylation is 1. The van der Waals surface area contributed by atoms with E-state index >= 15 is 0 Å². The third kappa shape index (κ3) is 3.03. The number of carbonyl (C=O) groups excluding carboxylic acids is 1. The van der Waals surface area contributed by atoms with E-state index in [2.05, 4.69) is 5.32 Å². The molecule has 0 unspecified atom stereocenters. The molecule has 0 saturated carbocycles. The molecule has 0 spiro atoms. The summed E-state index contributed by atoms with van der Waals surface area (Å²) in [4.78, 5) is 12.0. The molecule has 0 aliphatic heterocycles. The largest absolute Gasteiger partial charge is 0.398 e. The van der Waals surface area contributed by atoms with Gasteiger partial charge in [0.1, 0.15) is 5.82 Å². The van der Waals surface area contributed by atoms with Crippen molar-refractivity contribution in [1.29, 1.82) is 0 Å². The first-order chi connectivity index (χ1) is 8.97. The first-order valence-corrected chi connectivity index (χ1v) is 5.97. The van der Waals surface area contributed by atoms with Crippen LogP contribution >= 0.6 is 11.6 Å². The van der Waals surface area contributed by atoms with Crippen LogP contribution in [-0.2, 0) is 0 Å². The Bertz CT molecular complexity index is 643. The number of hydrogen-bond donors (Lipinski definition) is 2. The lowest BCUT2D eigenvalue weighted by Crippen LogP contribution is -2.13. The number of rotatable bonds is 2. The van der Waals surface area contributed by atoms with Crippen molar-refractivity contribution < 1.29 is 9.18 Å². The Hall–Kier alpha value is -2.07. The van der Waals surface area contributed by atoms with Gasteiger partial charge in [0.15, 0.2) is 0 Å². The van der Waals surface area contributed by atoms with Crippen molar-refractivity contribution in [3.8, 4) is 0 Å². The molecule has 98 valence electrons. The molecule has 2 aromatic carbocycles. The molecule has 2 rings (SSSR count). The van der Waals surface area contributed by atoms with Gasteiger partial charge in [0.25, 0.3) is 5.91 Å². The molecule has 5 heteroatoms. The summed E-state index contributed by atoms with van der Waals surface area (Å²) in [5, 5.41) is 2.87. The fraction of sp³-hybridized carbons (Fsp3) is 0.0714. The zero-order valence-corrected chi connectivity index (χ0v) is 11.0. The van der Waals surface area contributed by atoms with Crippen molar-refractivity contribution in [1.82, 2.24) is 0 Å². The summed E-state index contributed by atoms with van der Waals surface area (Å²) in [6.45, 7) is 1.81. The van der Waals surface area contributed by atoms with Crippen LogP contribution in [-0.4, -0.2) is 5.91 Å². The summed E-state index contributed by atoms with van der Waals surface area (Å²) < 4.78 is 13.5. The fourth-order valence-corrected chi connectivity index (χ4v) is 1.73. The molecule has 0 aromatic heterocycles. The number of amides is 1. The lowest BCUT2D eigenvalue weighted by atomic mass is 10.1. The Kier molecular flexibility index (Phi) is 3.71. The van der Waals surface area contributed by atoms with Crippen LogP contribution in [0.25, 0.3) is 0 Å². The summed E-state index contributed by atoms with van der Waals surface area (Å²) in [5.41, 5.74) is 7.24. The molecule has 0 radical (unpaired) electrons. The van der Waals surface area contributed by atoms with Crippen LogP contribution in [0, 0.1) is 12.7 Å². The molecule has 3 N–H and O–H groups in total. The highest BCUT2D eigenvalue weighted by Crippen LogP contribution is 2.21. The van der Waals surface area contributed by atoms with Crippen molar-refractivity contribution in [3.63, 3.8) is 0 Å². The molecule has 2 aromatic rings. The predicted molar refractivity (Wildman–Crippen MR) is 75.0 cm³/mol. The van der Waals surface area contributed by atoms with Crippen LogP contribution in [0.2, 0.25) is 5.02 Å². The average molecular weight is 279 g/mol. The first kappa shape index (κ1) is 13.4. The van der Waals surface area contributed by atoms with Gasteiger partial charge in [-0.1, -0.05) is 17.7 Å². The summed E-state index contributed by atoms with van der Waals surface area (Å²) in [5.74, 6) is -0.922. The average Bonchev–Trinajstić information content (AvgIpc) is 2.37. The van der Waals surface area contributed by atoms with Gasteiger partial charge >= 0.3 is 0 Å². The van der Waals surface area contributed by atoms with E-state index in [4.69, 9.17) is 17.3 Å². The van der Waals surface area contributed by atoms with Gasteiger partial charge < -0.3 is 11.1 Å². The van der Waals surface area contributed by atoms with Gasteiger partial charge in [0.2, 0.25) is 0 Å². The maximum Gasteiger partial charge on any atom is 0.255 e. The predicted octanol–water partition coefficient (Wildman–Crippen LogP) is 3.62.